The highest BCUT2D eigenvalue weighted by atomic mass is 16.5. The van der Waals surface area contributed by atoms with Crippen LogP contribution in [-0.4, -0.2) is 15.6 Å². The third-order valence-corrected chi connectivity index (χ3v) is 2.65. The van der Waals surface area contributed by atoms with Crippen molar-refractivity contribution in [1.29, 1.82) is 0 Å². The first kappa shape index (κ1) is 12.8. The lowest BCUT2D eigenvalue weighted by atomic mass is 10.2. The van der Waals surface area contributed by atoms with Crippen LogP contribution in [0, 0.1) is 0 Å². The molecule has 2 rings (SSSR count). The minimum absolute atomic E-state index is 0.111. The van der Waals surface area contributed by atoms with Crippen LogP contribution in [0.5, 0.6) is 0 Å². The first-order chi connectivity index (χ1) is 8.75. The normalized spacial score (nSPS) is 12.6. The van der Waals surface area contributed by atoms with Crippen LogP contribution < -0.4 is 5.73 Å². The second kappa shape index (κ2) is 6.33. The molecule has 1 unspecified atom stereocenters. The fourth-order valence-electron chi connectivity index (χ4n) is 1.77. The largest absolute Gasteiger partial charge is 0.356 e. The lowest BCUT2D eigenvalue weighted by Gasteiger charge is -2.10. The average molecular weight is 245 g/mol. The van der Waals surface area contributed by atoms with Crippen molar-refractivity contribution in [3.05, 3.63) is 54.1 Å². The van der Waals surface area contributed by atoms with Gasteiger partial charge < -0.3 is 15.0 Å². The molecule has 0 aliphatic heterocycles. The van der Waals surface area contributed by atoms with Gasteiger partial charge in [0.25, 0.3) is 0 Å². The quantitative estimate of drug-likeness (QED) is 0.846. The molecule has 4 heteroatoms. The van der Waals surface area contributed by atoms with E-state index in [-0.39, 0.29) is 6.04 Å². The lowest BCUT2D eigenvalue weighted by molar-refractivity contribution is 0.0620. The molecule has 2 N–H and O–H groups in total. The van der Waals surface area contributed by atoms with Gasteiger partial charge in [-0.1, -0.05) is 30.3 Å². The van der Waals surface area contributed by atoms with Crippen LogP contribution in [-0.2, 0) is 24.5 Å². The molecule has 0 bridgehead atoms. The van der Waals surface area contributed by atoms with Crippen molar-refractivity contribution in [2.24, 2.45) is 5.73 Å². The molecule has 2 aromatic rings. The molecule has 0 amide bonds. The zero-order valence-electron chi connectivity index (χ0n) is 10.6. The Balaban J connectivity index is 1.85. The summed E-state index contributed by atoms with van der Waals surface area (Å²) in [6, 6.07) is 10.2. The van der Waals surface area contributed by atoms with Crippen molar-refractivity contribution in [1.82, 2.24) is 9.55 Å². The summed E-state index contributed by atoms with van der Waals surface area (Å²) in [5, 5.41) is 0. The van der Waals surface area contributed by atoms with Gasteiger partial charge in [-0.15, -0.1) is 0 Å². The summed E-state index contributed by atoms with van der Waals surface area (Å²) >= 11 is 0. The smallest absolute Gasteiger partial charge is 0.124 e. The molecule has 1 heterocycles. The number of hydrogen-bond acceptors (Lipinski definition) is 3. The summed E-state index contributed by atoms with van der Waals surface area (Å²) in [5.74, 6) is 0.970. The van der Waals surface area contributed by atoms with Gasteiger partial charge in [-0.2, -0.15) is 0 Å². The molecule has 0 aliphatic carbocycles. The van der Waals surface area contributed by atoms with Gasteiger partial charge in [-0.25, -0.2) is 4.98 Å². The topological polar surface area (TPSA) is 53.1 Å². The van der Waals surface area contributed by atoms with Gasteiger partial charge in [0.05, 0.1) is 6.61 Å². The number of rotatable bonds is 6. The molecule has 18 heavy (non-hydrogen) atoms. The lowest BCUT2D eigenvalue weighted by Crippen LogP contribution is -2.21. The van der Waals surface area contributed by atoms with Crippen LogP contribution >= 0.6 is 0 Å². The Kier molecular flexibility index (Phi) is 4.50. The van der Waals surface area contributed by atoms with Crippen molar-refractivity contribution in [3.8, 4) is 0 Å². The highest BCUT2D eigenvalue weighted by Crippen LogP contribution is 2.04. The van der Waals surface area contributed by atoms with Crippen LogP contribution in [0.2, 0.25) is 0 Å². The van der Waals surface area contributed by atoms with E-state index in [0.717, 1.165) is 12.2 Å². The van der Waals surface area contributed by atoms with Crippen molar-refractivity contribution < 1.29 is 4.74 Å². The molecule has 0 saturated carbocycles. The number of nitrogens with two attached hydrogens (primary N) is 1. The van der Waals surface area contributed by atoms with Gasteiger partial charge in [0.1, 0.15) is 12.6 Å². The van der Waals surface area contributed by atoms with Gasteiger partial charge in [-0.05, 0) is 12.5 Å². The molecule has 1 aromatic heterocycles. The molecule has 4 nitrogen and oxygen atoms in total. The van der Waals surface area contributed by atoms with E-state index in [1.165, 1.54) is 5.56 Å². The number of imidazole rings is 1. The third kappa shape index (κ3) is 3.68. The summed E-state index contributed by atoms with van der Waals surface area (Å²) in [4.78, 5) is 4.28. The van der Waals surface area contributed by atoms with E-state index in [1.807, 2.05) is 35.9 Å². The minimum Gasteiger partial charge on any atom is -0.356 e. The molecular weight excluding hydrogens is 226 g/mol. The number of ether oxygens (including phenoxy) is 1. The van der Waals surface area contributed by atoms with Crippen LogP contribution in [0.3, 0.4) is 0 Å². The summed E-state index contributed by atoms with van der Waals surface area (Å²) in [6.07, 6.45) is 4.47. The van der Waals surface area contributed by atoms with Crippen molar-refractivity contribution in [2.45, 2.75) is 32.7 Å². The zero-order valence-corrected chi connectivity index (χ0v) is 10.6. The highest BCUT2D eigenvalue weighted by Gasteiger charge is 2.05. The van der Waals surface area contributed by atoms with Gasteiger partial charge >= 0.3 is 0 Å². The van der Waals surface area contributed by atoms with Gasteiger partial charge in [0.2, 0.25) is 0 Å². The Morgan fingerprint density at radius 1 is 1.33 bits per heavy atom. The number of benzene rings is 1. The molecular formula is C14H19N3O. The summed E-state index contributed by atoms with van der Waals surface area (Å²) in [7, 11) is 0. The fourth-order valence-corrected chi connectivity index (χ4v) is 1.77. The van der Waals surface area contributed by atoms with E-state index >= 15 is 0 Å². The maximum Gasteiger partial charge on any atom is 0.124 e. The van der Waals surface area contributed by atoms with Crippen LogP contribution in [0.25, 0.3) is 0 Å². The Hall–Kier alpha value is -1.65. The van der Waals surface area contributed by atoms with E-state index in [4.69, 9.17) is 10.5 Å². The van der Waals surface area contributed by atoms with Crippen LogP contribution in [0.4, 0.5) is 0 Å². The van der Waals surface area contributed by atoms with E-state index in [1.54, 1.807) is 6.20 Å². The molecule has 0 aliphatic rings. The van der Waals surface area contributed by atoms with E-state index in [9.17, 15) is 0 Å². The molecule has 0 spiro atoms. The number of aromatic nitrogens is 2. The Bertz CT molecular complexity index is 465. The molecule has 1 aromatic carbocycles. The Morgan fingerprint density at radius 2 is 2.11 bits per heavy atom. The maximum atomic E-state index is 5.78. The van der Waals surface area contributed by atoms with E-state index < -0.39 is 0 Å². The second-order valence-electron chi connectivity index (χ2n) is 4.46. The molecule has 1 atom stereocenters. The molecule has 0 fully saturated rings. The second-order valence-corrected chi connectivity index (χ2v) is 4.46. The Labute approximate surface area is 107 Å². The zero-order chi connectivity index (χ0) is 12.8. The fraction of sp³-hybridized carbons (Fsp3) is 0.357. The minimum atomic E-state index is 0.111. The van der Waals surface area contributed by atoms with Crippen LogP contribution in [0.15, 0.2) is 42.7 Å². The Morgan fingerprint density at radius 3 is 2.83 bits per heavy atom. The number of hydrogen-bond donors (Lipinski definition) is 1. The van der Waals surface area contributed by atoms with Crippen molar-refractivity contribution >= 4 is 0 Å². The summed E-state index contributed by atoms with van der Waals surface area (Å²) in [5.41, 5.74) is 6.95. The molecule has 96 valence electrons. The van der Waals surface area contributed by atoms with Gasteiger partial charge in [0, 0.05) is 24.9 Å². The average Bonchev–Trinajstić information content (AvgIpc) is 2.77. The van der Waals surface area contributed by atoms with E-state index in [2.05, 4.69) is 17.1 Å². The van der Waals surface area contributed by atoms with Crippen molar-refractivity contribution in [3.63, 3.8) is 0 Å². The van der Waals surface area contributed by atoms with Crippen molar-refractivity contribution in [2.75, 3.05) is 0 Å². The monoisotopic (exact) mass is 245 g/mol. The predicted molar refractivity (Wildman–Crippen MR) is 70.8 cm³/mol. The maximum absolute atomic E-state index is 5.78. The molecule has 0 radical (unpaired) electrons. The summed E-state index contributed by atoms with van der Waals surface area (Å²) in [6.45, 7) is 3.09. The highest BCUT2D eigenvalue weighted by molar-refractivity contribution is 5.13. The van der Waals surface area contributed by atoms with Gasteiger partial charge in [0.15, 0.2) is 0 Å². The number of nitrogens with zero attached hydrogens (tertiary/aromatic N) is 2. The SMILES string of the molecule is CC(N)Cc1nccn1COCc1ccccc1. The third-order valence-electron chi connectivity index (χ3n) is 2.65. The standard InChI is InChI=1S/C14H19N3O/c1-12(15)9-14-16-7-8-17(14)11-18-10-13-5-3-2-4-6-13/h2-8,12H,9-11,15H2,1H3. The summed E-state index contributed by atoms with van der Waals surface area (Å²) < 4.78 is 7.66. The van der Waals surface area contributed by atoms with E-state index in [0.29, 0.717) is 13.3 Å². The first-order valence-corrected chi connectivity index (χ1v) is 6.13. The first-order valence-electron chi connectivity index (χ1n) is 6.13. The van der Waals surface area contributed by atoms with Crippen LogP contribution in [0.1, 0.15) is 18.3 Å². The van der Waals surface area contributed by atoms with Gasteiger partial charge in [-0.3, -0.25) is 0 Å². The molecule has 0 saturated heterocycles. The predicted octanol–water partition coefficient (Wildman–Crippen LogP) is 1.95.